The molecule has 3 N–H and O–H groups in total. The zero-order valence-electron chi connectivity index (χ0n) is 14.4. The number of thiophene rings is 1. The Hall–Kier alpha value is -2.96. The van der Waals surface area contributed by atoms with E-state index in [0.29, 0.717) is 27.6 Å². The number of rotatable bonds is 4. The number of aliphatic hydroxyl groups excluding tert-OH is 1. The third-order valence-corrected chi connectivity index (χ3v) is 5.51. The quantitative estimate of drug-likeness (QED) is 0.639. The summed E-state index contributed by atoms with van der Waals surface area (Å²) >= 11 is 1.27. The Morgan fingerprint density at radius 1 is 1.37 bits per heavy atom. The molecule has 27 heavy (non-hydrogen) atoms. The molecule has 1 saturated carbocycles. The van der Waals surface area contributed by atoms with Crippen LogP contribution < -0.4 is 10.6 Å². The first-order valence-electron chi connectivity index (χ1n) is 8.73. The number of carbonyl (C=O) groups excluding carboxylic acids is 1. The molecular weight excluding hydrogens is 364 g/mol. The maximum Gasteiger partial charge on any atom is 0.261 e. The summed E-state index contributed by atoms with van der Waals surface area (Å²) in [6.07, 6.45) is 6.55. The van der Waals surface area contributed by atoms with Crippen LogP contribution in [0.4, 0.5) is 11.5 Å². The van der Waals surface area contributed by atoms with Crippen LogP contribution in [0.15, 0.2) is 29.9 Å². The van der Waals surface area contributed by atoms with Crippen LogP contribution in [0.5, 0.6) is 0 Å². The molecule has 4 rings (SSSR count). The highest BCUT2D eigenvalue weighted by atomic mass is 32.1. The standard InChI is InChI=1S/C18H18N6O2S/c19-9-15-13(6-8-27-15)22-18(26)11-10-20-24-7-5-16(23-17(11)24)21-12-3-1-2-4-14(12)25/h5-8,10,12,14,25H,1-4H2,(H,21,23)(H,22,26)/t12-,14+/m1/s1. The summed E-state index contributed by atoms with van der Waals surface area (Å²) in [4.78, 5) is 17.6. The van der Waals surface area contributed by atoms with Gasteiger partial charge in [-0.3, -0.25) is 4.79 Å². The van der Waals surface area contributed by atoms with Crippen molar-refractivity contribution >= 4 is 34.4 Å². The molecule has 3 aromatic heterocycles. The second-order valence-corrected chi connectivity index (χ2v) is 7.39. The lowest BCUT2D eigenvalue weighted by Gasteiger charge is -2.28. The highest BCUT2D eigenvalue weighted by Gasteiger charge is 2.23. The first kappa shape index (κ1) is 17.5. The van der Waals surface area contributed by atoms with E-state index in [1.54, 1.807) is 23.7 Å². The van der Waals surface area contributed by atoms with Gasteiger partial charge in [0, 0.05) is 6.20 Å². The zero-order valence-corrected chi connectivity index (χ0v) is 15.2. The van der Waals surface area contributed by atoms with Gasteiger partial charge in [-0.15, -0.1) is 11.3 Å². The van der Waals surface area contributed by atoms with Crippen molar-refractivity contribution in [1.82, 2.24) is 14.6 Å². The highest BCUT2D eigenvalue weighted by molar-refractivity contribution is 7.11. The fraction of sp³-hybridized carbons (Fsp3) is 0.333. The molecule has 3 heterocycles. The Morgan fingerprint density at radius 2 is 2.22 bits per heavy atom. The van der Waals surface area contributed by atoms with E-state index in [4.69, 9.17) is 5.26 Å². The topological polar surface area (TPSA) is 115 Å². The molecule has 0 unspecified atom stereocenters. The van der Waals surface area contributed by atoms with Crippen molar-refractivity contribution in [3.63, 3.8) is 0 Å². The average Bonchev–Trinajstić information content (AvgIpc) is 3.29. The number of hydrogen-bond donors (Lipinski definition) is 3. The number of aliphatic hydroxyl groups is 1. The molecule has 138 valence electrons. The number of carbonyl (C=O) groups is 1. The molecular formula is C18H18N6O2S. The van der Waals surface area contributed by atoms with Crippen LogP contribution >= 0.6 is 11.3 Å². The number of nitriles is 1. The normalized spacial score (nSPS) is 19.6. The van der Waals surface area contributed by atoms with Crippen molar-refractivity contribution in [2.75, 3.05) is 10.6 Å². The van der Waals surface area contributed by atoms with Crippen molar-refractivity contribution in [3.8, 4) is 6.07 Å². The maximum absolute atomic E-state index is 12.6. The van der Waals surface area contributed by atoms with Crippen molar-refractivity contribution in [2.24, 2.45) is 0 Å². The Bertz CT molecular complexity index is 1020. The molecule has 8 nitrogen and oxygen atoms in total. The molecule has 0 aromatic carbocycles. The number of nitrogens with zero attached hydrogens (tertiary/aromatic N) is 4. The van der Waals surface area contributed by atoms with Gasteiger partial charge >= 0.3 is 0 Å². The van der Waals surface area contributed by atoms with Crippen molar-refractivity contribution in [1.29, 1.82) is 5.26 Å². The van der Waals surface area contributed by atoms with E-state index in [2.05, 4.69) is 26.8 Å². The molecule has 1 amide bonds. The van der Waals surface area contributed by atoms with E-state index in [-0.39, 0.29) is 11.9 Å². The lowest BCUT2D eigenvalue weighted by molar-refractivity contribution is 0.102. The fourth-order valence-corrected chi connectivity index (χ4v) is 3.90. The van der Waals surface area contributed by atoms with Crippen LogP contribution in [0.2, 0.25) is 0 Å². The van der Waals surface area contributed by atoms with Crippen LogP contribution in [0.1, 0.15) is 40.9 Å². The van der Waals surface area contributed by atoms with E-state index in [9.17, 15) is 9.90 Å². The third kappa shape index (κ3) is 3.49. The molecule has 3 aromatic rings. The van der Waals surface area contributed by atoms with Gasteiger partial charge in [-0.05, 0) is 30.4 Å². The van der Waals surface area contributed by atoms with Gasteiger partial charge in [-0.2, -0.15) is 10.4 Å². The SMILES string of the molecule is N#Cc1sccc1NC(=O)c1cnn2ccc(N[C@@H]3CCCC[C@@H]3O)nc12. The summed E-state index contributed by atoms with van der Waals surface area (Å²) in [7, 11) is 0. The van der Waals surface area contributed by atoms with Crippen molar-refractivity contribution in [2.45, 2.75) is 37.8 Å². The van der Waals surface area contributed by atoms with Crippen LogP contribution in [-0.2, 0) is 0 Å². The van der Waals surface area contributed by atoms with Gasteiger partial charge in [0.1, 0.15) is 22.3 Å². The highest BCUT2D eigenvalue weighted by Crippen LogP contribution is 2.24. The monoisotopic (exact) mass is 382 g/mol. The Morgan fingerprint density at radius 3 is 3.04 bits per heavy atom. The number of aromatic nitrogens is 3. The van der Waals surface area contributed by atoms with E-state index < -0.39 is 6.10 Å². The van der Waals surface area contributed by atoms with Crippen molar-refractivity contribution in [3.05, 3.63) is 40.3 Å². The first-order chi connectivity index (χ1) is 13.2. The molecule has 2 atom stereocenters. The molecule has 0 radical (unpaired) electrons. The van der Waals surface area contributed by atoms with E-state index >= 15 is 0 Å². The average molecular weight is 382 g/mol. The Kier molecular flexibility index (Phi) is 4.75. The Labute approximate surface area is 159 Å². The molecule has 1 aliphatic rings. The predicted molar refractivity (Wildman–Crippen MR) is 102 cm³/mol. The summed E-state index contributed by atoms with van der Waals surface area (Å²) in [5, 5.41) is 31.2. The molecule has 9 heteroatoms. The minimum absolute atomic E-state index is 0.0436. The molecule has 0 spiro atoms. The first-order valence-corrected chi connectivity index (χ1v) is 9.61. The van der Waals surface area contributed by atoms with Gasteiger partial charge in [0.2, 0.25) is 0 Å². The predicted octanol–water partition coefficient (Wildman–Crippen LogP) is 2.63. The number of anilines is 2. The second kappa shape index (κ2) is 7.34. The van der Waals surface area contributed by atoms with Crippen LogP contribution in [-0.4, -0.2) is 37.8 Å². The largest absolute Gasteiger partial charge is 0.391 e. The van der Waals surface area contributed by atoms with Gasteiger partial charge in [-0.1, -0.05) is 12.8 Å². The van der Waals surface area contributed by atoms with Crippen molar-refractivity contribution < 1.29 is 9.90 Å². The lowest BCUT2D eigenvalue weighted by Crippen LogP contribution is -2.36. The number of hydrogen-bond acceptors (Lipinski definition) is 7. The lowest BCUT2D eigenvalue weighted by atomic mass is 9.93. The summed E-state index contributed by atoms with van der Waals surface area (Å²) in [5.74, 6) is 0.221. The molecule has 0 saturated heterocycles. The minimum atomic E-state index is -0.396. The van der Waals surface area contributed by atoms with E-state index in [1.165, 1.54) is 22.0 Å². The van der Waals surface area contributed by atoms with Gasteiger partial charge in [-0.25, -0.2) is 9.50 Å². The fourth-order valence-electron chi connectivity index (χ4n) is 3.26. The summed E-state index contributed by atoms with van der Waals surface area (Å²) in [5.41, 5.74) is 1.21. The van der Waals surface area contributed by atoms with Crippen LogP contribution in [0, 0.1) is 11.3 Å². The molecule has 1 fully saturated rings. The van der Waals surface area contributed by atoms with Gasteiger partial charge in [0.05, 0.1) is 24.0 Å². The van der Waals surface area contributed by atoms with Crippen LogP contribution in [0.25, 0.3) is 5.65 Å². The Balaban J connectivity index is 1.58. The van der Waals surface area contributed by atoms with Gasteiger partial charge in [0.15, 0.2) is 5.65 Å². The second-order valence-electron chi connectivity index (χ2n) is 6.47. The number of fused-ring (bicyclic) bond motifs is 1. The van der Waals surface area contributed by atoms with Crippen LogP contribution in [0.3, 0.4) is 0 Å². The third-order valence-electron chi connectivity index (χ3n) is 4.69. The summed E-state index contributed by atoms with van der Waals surface area (Å²) in [6, 6.07) is 5.48. The van der Waals surface area contributed by atoms with E-state index in [1.807, 2.05) is 0 Å². The maximum atomic E-state index is 12.6. The molecule has 1 aliphatic carbocycles. The van der Waals surface area contributed by atoms with E-state index in [0.717, 1.165) is 25.7 Å². The minimum Gasteiger partial charge on any atom is -0.391 e. The van der Waals surface area contributed by atoms with Gasteiger partial charge in [0.25, 0.3) is 5.91 Å². The summed E-state index contributed by atoms with van der Waals surface area (Å²) in [6.45, 7) is 0. The number of amides is 1. The number of nitrogens with one attached hydrogen (secondary N) is 2. The zero-order chi connectivity index (χ0) is 18.8. The molecule has 0 aliphatic heterocycles. The smallest absolute Gasteiger partial charge is 0.261 e. The summed E-state index contributed by atoms with van der Waals surface area (Å²) < 4.78 is 1.52. The molecule has 0 bridgehead atoms. The van der Waals surface area contributed by atoms with Gasteiger partial charge < -0.3 is 15.7 Å².